The molecule has 0 unspecified atom stereocenters. The highest BCUT2D eigenvalue weighted by atomic mass is 16.3. The zero-order chi connectivity index (χ0) is 12.7. The molecular formula is C17H15NO. The van der Waals surface area contributed by atoms with E-state index in [0.717, 1.165) is 30.9 Å². The summed E-state index contributed by atoms with van der Waals surface area (Å²) in [6.45, 7) is 1.97. The fraction of sp³-hybridized carbons (Fsp3) is 0.176. The third-order valence-electron chi connectivity index (χ3n) is 3.81. The van der Waals surface area contributed by atoms with E-state index in [2.05, 4.69) is 53.9 Å². The third-order valence-corrected chi connectivity index (χ3v) is 3.81. The van der Waals surface area contributed by atoms with Crippen molar-refractivity contribution in [1.29, 1.82) is 0 Å². The second-order valence-corrected chi connectivity index (χ2v) is 4.99. The molecule has 3 aromatic rings. The van der Waals surface area contributed by atoms with Gasteiger partial charge < -0.3 is 9.73 Å². The summed E-state index contributed by atoms with van der Waals surface area (Å²) >= 11 is 0. The van der Waals surface area contributed by atoms with Gasteiger partial charge in [-0.3, -0.25) is 0 Å². The Hall–Kier alpha value is -2.06. The Balaban J connectivity index is 1.95. The molecule has 0 spiro atoms. The summed E-state index contributed by atoms with van der Waals surface area (Å²) in [5.74, 6) is 1.02. The van der Waals surface area contributed by atoms with Gasteiger partial charge in [0.05, 0.1) is 0 Å². The van der Waals surface area contributed by atoms with Crippen LogP contribution in [0.25, 0.3) is 27.3 Å². The van der Waals surface area contributed by atoms with Gasteiger partial charge in [0.15, 0.2) is 0 Å². The Morgan fingerprint density at radius 3 is 2.84 bits per heavy atom. The molecule has 1 N–H and O–H groups in total. The van der Waals surface area contributed by atoms with Gasteiger partial charge in [0, 0.05) is 11.9 Å². The molecule has 94 valence electrons. The molecule has 2 nitrogen and oxygen atoms in total. The molecule has 0 bridgehead atoms. The monoisotopic (exact) mass is 249 g/mol. The third kappa shape index (κ3) is 1.76. The van der Waals surface area contributed by atoms with Crippen LogP contribution in [0.3, 0.4) is 0 Å². The minimum absolute atomic E-state index is 0.938. The Morgan fingerprint density at radius 1 is 1.00 bits per heavy atom. The van der Waals surface area contributed by atoms with Crippen molar-refractivity contribution in [3.05, 3.63) is 54.3 Å². The van der Waals surface area contributed by atoms with Crippen LogP contribution in [-0.2, 0) is 0 Å². The molecule has 1 aliphatic rings. The zero-order valence-corrected chi connectivity index (χ0v) is 10.6. The predicted molar refractivity (Wildman–Crippen MR) is 79.2 cm³/mol. The predicted octanol–water partition coefficient (Wildman–Crippen LogP) is 3.96. The van der Waals surface area contributed by atoms with Crippen LogP contribution in [0.5, 0.6) is 0 Å². The van der Waals surface area contributed by atoms with Crippen molar-refractivity contribution >= 4 is 27.3 Å². The normalized spacial score (nSPS) is 15.9. The summed E-state index contributed by atoms with van der Waals surface area (Å²) in [6.07, 6.45) is 3.27. The van der Waals surface area contributed by atoms with Gasteiger partial charge in [0.1, 0.15) is 11.3 Å². The standard InChI is InChI=1S/C17H15NO/c1-2-4-14-12(3-1)5-6-16-15(14)11-17(19-16)13-7-9-18-10-8-13/h1-7,11,18H,8-10H2. The number of hydrogen-bond donors (Lipinski definition) is 1. The van der Waals surface area contributed by atoms with Crippen LogP contribution in [-0.4, -0.2) is 13.1 Å². The molecule has 1 aliphatic heterocycles. The lowest BCUT2D eigenvalue weighted by molar-refractivity contribution is 0.590. The highest BCUT2D eigenvalue weighted by Crippen LogP contribution is 2.32. The van der Waals surface area contributed by atoms with E-state index in [0.29, 0.717) is 0 Å². The van der Waals surface area contributed by atoms with Gasteiger partial charge in [-0.2, -0.15) is 0 Å². The van der Waals surface area contributed by atoms with Gasteiger partial charge in [-0.25, -0.2) is 0 Å². The van der Waals surface area contributed by atoms with Crippen LogP contribution in [0.15, 0.2) is 53.0 Å². The van der Waals surface area contributed by atoms with Gasteiger partial charge in [0.25, 0.3) is 0 Å². The first kappa shape index (κ1) is 10.8. The number of furan rings is 1. The summed E-state index contributed by atoms with van der Waals surface area (Å²) in [5.41, 5.74) is 2.30. The molecule has 19 heavy (non-hydrogen) atoms. The maximum Gasteiger partial charge on any atom is 0.135 e. The molecule has 0 saturated carbocycles. The zero-order valence-electron chi connectivity index (χ0n) is 10.6. The van der Waals surface area contributed by atoms with E-state index in [9.17, 15) is 0 Å². The summed E-state index contributed by atoms with van der Waals surface area (Å²) < 4.78 is 6.02. The smallest absolute Gasteiger partial charge is 0.135 e. The molecule has 0 saturated heterocycles. The van der Waals surface area contributed by atoms with E-state index in [-0.39, 0.29) is 0 Å². The average molecular weight is 249 g/mol. The Morgan fingerprint density at radius 2 is 1.95 bits per heavy atom. The molecule has 0 radical (unpaired) electrons. The average Bonchev–Trinajstić information content (AvgIpc) is 2.93. The van der Waals surface area contributed by atoms with Crippen molar-refractivity contribution in [2.75, 3.05) is 13.1 Å². The molecule has 0 amide bonds. The molecule has 0 atom stereocenters. The molecular weight excluding hydrogens is 234 g/mol. The molecule has 2 heterocycles. The van der Waals surface area contributed by atoms with Crippen molar-refractivity contribution in [3.8, 4) is 0 Å². The first-order valence-corrected chi connectivity index (χ1v) is 6.73. The fourth-order valence-corrected chi connectivity index (χ4v) is 2.80. The quantitative estimate of drug-likeness (QED) is 0.706. The van der Waals surface area contributed by atoms with E-state index in [4.69, 9.17) is 4.42 Å². The number of benzene rings is 2. The van der Waals surface area contributed by atoms with Crippen molar-refractivity contribution in [1.82, 2.24) is 5.32 Å². The Labute approximate surface area is 111 Å². The highest BCUT2D eigenvalue weighted by Gasteiger charge is 2.12. The van der Waals surface area contributed by atoms with Crippen LogP contribution >= 0.6 is 0 Å². The van der Waals surface area contributed by atoms with Gasteiger partial charge in [-0.15, -0.1) is 0 Å². The van der Waals surface area contributed by atoms with Crippen LogP contribution in [0.2, 0.25) is 0 Å². The summed E-state index contributed by atoms with van der Waals surface area (Å²) in [5, 5.41) is 7.08. The Bertz CT molecular complexity index is 782. The minimum Gasteiger partial charge on any atom is -0.456 e. The van der Waals surface area contributed by atoms with Gasteiger partial charge in [0.2, 0.25) is 0 Å². The molecule has 0 aliphatic carbocycles. The van der Waals surface area contributed by atoms with E-state index in [1.165, 1.54) is 21.7 Å². The number of hydrogen-bond acceptors (Lipinski definition) is 2. The lowest BCUT2D eigenvalue weighted by Crippen LogP contribution is -2.19. The number of fused-ring (bicyclic) bond motifs is 3. The van der Waals surface area contributed by atoms with Crippen molar-refractivity contribution in [2.24, 2.45) is 0 Å². The maximum atomic E-state index is 6.02. The lowest BCUT2D eigenvalue weighted by atomic mass is 10.0. The van der Waals surface area contributed by atoms with Crippen LogP contribution < -0.4 is 5.32 Å². The molecule has 1 aromatic heterocycles. The van der Waals surface area contributed by atoms with E-state index >= 15 is 0 Å². The largest absolute Gasteiger partial charge is 0.456 e. The minimum atomic E-state index is 0.938. The van der Waals surface area contributed by atoms with Gasteiger partial charge in [-0.05, 0) is 41.4 Å². The van der Waals surface area contributed by atoms with Crippen LogP contribution in [0.1, 0.15) is 12.2 Å². The fourth-order valence-electron chi connectivity index (χ4n) is 2.80. The molecule has 2 heteroatoms. The molecule has 2 aromatic carbocycles. The van der Waals surface area contributed by atoms with Crippen molar-refractivity contribution < 1.29 is 4.42 Å². The van der Waals surface area contributed by atoms with Gasteiger partial charge in [-0.1, -0.05) is 36.4 Å². The van der Waals surface area contributed by atoms with Crippen molar-refractivity contribution in [3.63, 3.8) is 0 Å². The molecule has 0 fully saturated rings. The van der Waals surface area contributed by atoms with Crippen LogP contribution in [0.4, 0.5) is 0 Å². The topological polar surface area (TPSA) is 25.2 Å². The second kappa shape index (κ2) is 4.25. The highest BCUT2D eigenvalue weighted by molar-refractivity contribution is 6.06. The second-order valence-electron chi connectivity index (χ2n) is 4.99. The van der Waals surface area contributed by atoms with Gasteiger partial charge >= 0.3 is 0 Å². The molecule has 4 rings (SSSR count). The first-order chi connectivity index (χ1) is 9.42. The Kier molecular flexibility index (Phi) is 2.42. The summed E-state index contributed by atoms with van der Waals surface area (Å²) in [7, 11) is 0. The van der Waals surface area contributed by atoms with E-state index < -0.39 is 0 Å². The number of rotatable bonds is 1. The van der Waals surface area contributed by atoms with E-state index in [1.807, 2.05) is 0 Å². The van der Waals surface area contributed by atoms with Crippen LogP contribution in [0, 0.1) is 0 Å². The summed E-state index contributed by atoms with van der Waals surface area (Å²) in [4.78, 5) is 0. The first-order valence-electron chi connectivity index (χ1n) is 6.73. The van der Waals surface area contributed by atoms with Crippen molar-refractivity contribution in [2.45, 2.75) is 6.42 Å². The number of nitrogens with one attached hydrogen (secondary N) is 1. The SMILES string of the molecule is C1=C(c2cc3c(ccc4ccccc43)o2)CCNC1. The van der Waals surface area contributed by atoms with E-state index in [1.54, 1.807) is 0 Å². The summed E-state index contributed by atoms with van der Waals surface area (Å²) in [6, 6.07) is 14.8. The lowest BCUT2D eigenvalue weighted by Gasteiger charge is -2.11. The maximum absolute atomic E-state index is 6.02.